The van der Waals surface area contributed by atoms with E-state index < -0.39 is 6.10 Å². The zero-order valence-electron chi connectivity index (χ0n) is 53.6. The minimum atomic E-state index is -0.785. The highest BCUT2D eigenvalue weighted by Crippen LogP contribution is 2.18. The van der Waals surface area contributed by atoms with Gasteiger partial charge < -0.3 is 14.2 Å². The number of hydrogen-bond donors (Lipinski definition) is 0. The minimum Gasteiger partial charge on any atom is -0.462 e. The van der Waals surface area contributed by atoms with E-state index in [9.17, 15) is 14.4 Å². The highest BCUT2D eigenvalue weighted by atomic mass is 16.6. The van der Waals surface area contributed by atoms with Gasteiger partial charge in [-0.15, -0.1) is 0 Å². The third-order valence-corrected chi connectivity index (χ3v) is 15.8. The maximum atomic E-state index is 13.0. The zero-order chi connectivity index (χ0) is 57.8. The van der Waals surface area contributed by atoms with Crippen molar-refractivity contribution >= 4 is 17.9 Å². The van der Waals surface area contributed by atoms with Crippen LogP contribution in [-0.2, 0) is 28.6 Å². The fourth-order valence-electron chi connectivity index (χ4n) is 10.5. The molecule has 80 heavy (non-hydrogen) atoms. The largest absolute Gasteiger partial charge is 0.462 e. The summed E-state index contributed by atoms with van der Waals surface area (Å²) < 4.78 is 17.0. The van der Waals surface area contributed by atoms with Crippen LogP contribution in [0.25, 0.3) is 0 Å². The predicted octanol–water partition coefficient (Wildman–Crippen LogP) is 24.3. The second-order valence-electron chi connectivity index (χ2n) is 23.8. The molecule has 0 rings (SSSR count). The van der Waals surface area contributed by atoms with E-state index in [1.165, 1.54) is 238 Å². The summed E-state index contributed by atoms with van der Waals surface area (Å²) in [5, 5.41) is 0. The number of rotatable bonds is 65. The van der Waals surface area contributed by atoms with Crippen LogP contribution in [0, 0.1) is 0 Å². The Morgan fingerprint density at radius 2 is 0.487 bits per heavy atom. The molecule has 0 aromatic rings. The topological polar surface area (TPSA) is 78.9 Å². The van der Waals surface area contributed by atoms with Crippen molar-refractivity contribution in [2.24, 2.45) is 0 Å². The Bertz CT molecular complexity index is 1430. The Hall–Kier alpha value is -2.89. The van der Waals surface area contributed by atoms with Gasteiger partial charge in [-0.1, -0.05) is 332 Å². The van der Waals surface area contributed by atoms with Crippen LogP contribution in [-0.4, -0.2) is 37.2 Å². The van der Waals surface area contributed by atoms with E-state index in [0.717, 1.165) is 96.3 Å². The molecule has 6 heteroatoms. The van der Waals surface area contributed by atoms with Crippen molar-refractivity contribution in [1.29, 1.82) is 0 Å². The maximum Gasteiger partial charge on any atom is 0.306 e. The van der Waals surface area contributed by atoms with Crippen molar-refractivity contribution in [3.8, 4) is 0 Å². The molecule has 0 fully saturated rings. The highest BCUT2D eigenvalue weighted by molar-refractivity contribution is 5.71. The summed E-state index contributed by atoms with van der Waals surface area (Å²) in [4.78, 5) is 38.5. The molecule has 0 aliphatic rings. The second-order valence-corrected chi connectivity index (χ2v) is 23.8. The maximum absolute atomic E-state index is 13.0. The van der Waals surface area contributed by atoms with Crippen LogP contribution in [0.5, 0.6) is 0 Å². The standard InChI is InChI=1S/C74H134O6/c1-4-7-10-13-16-19-22-25-28-31-33-35-37-39-40-43-46-49-52-55-58-61-64-67-73(76)79-70-71(69-78-72(75)66-63-60-57-54-51-48-45-42-30-27-24-21-18-15-12-9-6-3)80-74(77)68-65-62-59-56-53-50-47-44-41-38-36-34-32-29-26-23-20-17-14-11-8-5-2/h9,12,18,21,27,30-31,33,45,48,71H,4-8,10-11,13-17,19-20,22-26,28-29,32,34-44,46-47,49-70H2,1-3H3/b12-9-,21-18-,30-27-,33-31-,48-45-. The highest BCUT2D eigenvalue weighted by Gasteiger charge is 2.19. The molecule has 0 aliphatic heterocycles. The van der Waals surface area contributed by atoms with Gasteiger partial charge in [-0.05, 0) is 83.5 Å². The summed E-state index contributed by atoms with van der Waals surface area (Å²) in [5.41, 5.74) is 0. The molecule has 0 spiro atoms. The lowest BCUT2D eigenvalue weighted by Gasteiger charge is -2.18. The first-order valence-electron chi connectivity index (χ1n) is 35.3. The molecule has 0 aromatic heterocycles. The minimum absolute atomic E-state index is 0.0788. The Morgan fingerprint density at radius 3 is 0.775 bits per heavy atom. The van der Waals surface area contributed by atoms with Crippen molar-refractivity contribution in [2.45, 2.75) is 380 Å². The van der Waals surface area contributed by atoms with E-state index in [1.807, 2.05) is 0 Å². The predicted molar refractivity (Wildman–Crippen MR) is 348 cm³/mol. The lowest BCUT2D eigenvalue weighted by Crippen LogP contribution is -2.30. The molecular weight excluding hydrogens is 985 g/mol. The van der Waals surface area contributed by atoms with E-state index in [4.69, 9.17) is 14.2 Å². The quantitative estimate of drug-likeness (QED) is 0.0261. The van der Waals surface area contributed by atoms with Gasteiger partial charge in [-0.3, -0.25) is 14.4 Å². The van der Waals surface area contributed by atoms with Gasteiger partial charge >= 0.3 is 17.9 Å². The molecule has 466 valence electrons. The van der Waals surface area contributed by atoms with Crippen LogP contribution >= 0.6 is 0 Å². The van der Waals surface area contributed by atoms with Gasteiger partial charge in [0.05, 0.1) is 0 Å². The van der Waals surface area contributed by atoms with Crippen molar-refractivity contribution in [3.63, 3.8) is 0 Å². The van der Waals surface area contributed by atoms with Crippen LogP contribution < -0.4 is 0 Å². The number of carbonyl (C=O) groups is 3. The molecule has 0 heterocycles. The number of ether oxygens (including phenoxy) is 3. The molecule has 0 radical (unpaired) electrons. The van der Waals surface area contributed by atoms with Crippen molar-refractivity contribution in [1.82, 2.24) is 0 Å². The van der Waals surface area contributed by atoms with Gasteiger partial charge in [0.2, 0.25) is 0 Å². The number of allylic oxidation sites excluding steroid dienone is 10. The van der Waals surface area contributed by atoms with Crippen LogP contribution in [0.2, 0.25) is 0 Å². The molecule has 1 unspecified atom stereocenters. The summed E-state index contributed by atoms with van der Waals surface area (Å²) >= 11 is 0. The monoisotopic (exact) mass is 1120 g/mol. The first-order valence-corrected chi connectivity index (χ1v) is 35.3. The lowest BCUT2D eigenvalue weighted by molar-refractivity contribution is -0.167. The molecule has 0 aromatic carbocycles. The van der Waals surface area contributed by atoms with E-state index in [-0.39, 0.29) is 31.1 Å². The Morgan fingerprint density at radius 1 is 0.263 bits per heavy atom. The number of unbranched alkanes of at least 4 members (excludes halogenated alkanes) is 44. The van der Waals surface area contributed by atoms with Gasteiger partial charge in [0.15, 0.2) is 6.10 Å². The van der Waals surface area contributed by atoms with Gasteiger partial charge in [0.1, 0.15) is 13.2 Å². The number of hydrogen-bond acceptors (Lipinski definition) is 6. The van der Waals surface area contributed by atoms with E-state index in [1.54, 1.807) is 0 Å². The number of esters is 3. The molecule has 0 bridgehead atoms. The SMILES string of the molecule is CC/C=C\C/C=C\C/C=C\C/C=C\CCCCCCC(=O)OCC(COC(=O)CCCCCCCCCCCCC/C=C\CCCCCCCCCC)OC(=O)CCCCCCCCCCCCCCCCCCCCCCCC. The van der Waals surface area contributed by atoms with E-state index in [2.05, 4.69) is 81.5 Å². The Balaban J connectivity index is 4.33. The van der Waals surface area contributed by atoms with E-state index >= 15 is 0 Å². The summed E-state index contributed by atoms with van der Waals surface area (Å²) in [5.74, 6) is -0.879. The molecule has 0 aliphatic carbocycles. The van der Waals surface area contributed by atoms with Gasteiger partial charge in [0, 0.05) is 19.3 Å². The Labute approximate surface area is 498 Å². The molecule has 0 amide bonds. The van der Waals surface area contributed by atoms with Crippen LogP contribution in [0.4, 0.5) is 0 Å². The number of carbonyl (C=O) groups excluding carboxylic acids is 3. The lowest BCUT2D eigenvalue weighted by atomic mass is 10.0. The van der Waals surface area contributed by atoms with Crippen molar-refractivity contribution < 1.29 is 28.6 Å². The Kier molecular flexibility index (Phi) is 66.1. The van der Waals surface area contributed by atoms with Crippen LogP contribution in [0.3, 0.4) is 0 Å². The summed E-state index contributed by atoms with van der Waals surface area (Å²) in [6.45, 7) is 6.57. The summed E-state index contributed by atoms with van der Waals surface area (Å²) in [6, 6.07) is 0. The van der Waals surface area contributed by atoms with Gasteiger partial charge in [0.25, 0.3) is 0 Å². The van der Waals surface area contributed by atoms with Crippen LogP contribution in [0.15, 0.2) is 60.8 Å². The average molecular weight is 1120 g/mol. The molecule has 0 N–H and O–H groups in total. The average Bonchev–Trinajstić information content (AvgIpc) is 3.46. The second kappa shape index (κ2) is 68.6. The third kappa shape index (κ3) is 65.9. The molecule has 0 saturated heterocycles. The summed E-state index contributed by atoms with van der Waals surface area (Å²) in [6.07, 6.45) is 88.2. The molecule has 0 saturated carbocycles. The van der Waals surface area contributed by atoms with Crippen LogP contribution in [0.1, 0.15) is 374 Å². The molecule has 6 nitrogen and oxygen atoms in total. The molecule has 1 atom stereocenters. The molecular formula is C74H134O6. The van der Waals surface area contributed by atoms with Crippen molar-refractivity contribution in [2.75, 3.05) is 13.2 Å². The van der Waals surface area contributed by atoms with E-state index in [0.29, 0.717) is 19.3 Å². The zero-order valence-corrected chi connectivity index (χ0v) is 53.6. The van der Waals surface area contributed by atoms with Gasteiger partial charge in [-0.2, -0.15) is 0 Å². The fourth-order valence-corrected chi connectivity index (χ4v) is 10.5. The normalized spacial score (nSPS) is 12.4. The summed E-state index contributed by atoms with van der Waals surface area (Å²) in [7, 11) is 0. The van der Waals surface area contributed by atoms with Gasteiger partial charge in [-0.25, -0.2) is 0 Å². The smallest absolute Gasteiger partial charge is 0.306 e. The first-order chi connectivity index (χ1) is 39.5. The fraction of sp³-hybridized carbons (Fsp3) is 0.824. The first kappa shape index (κ1) is 77.1. The van der Waals surface area contributed by atoms with Crippen molar-refractivity contribution in [3.05, 3.63) is 60.8 Å². The third-order valence-electron chi connectivity index (χ3n) is 15.8.